The summed E-state index contributed by atoms with van der Waals surface area (Å²) in [5, 5.41) is 0. The quantitative estimate of drug-likeness (QED) is 0.681. The van der Waals surface area contributed by atoms with E-state index < -0.39 is 27.8 Å². The maximum atomic E-state index is 12.4. The van der Waals surface area contributed by atoms with E-state index in [1.54, 1.807) is 19.1 Å². The van der Waals surface area contributed by atoms with Gasteiger partial charge in [0, 0.05) is 7.05 Å². The smallest absolute Gasteiger partial charge is 0.338 e. The van der Waals surface area contributed by atoms with Crippen LogP contribution in [0.15, 0.2) is 24.3 Å². The van der Waals surface area contributed by atoms with Crippen molar-refractivity contribution in [1.82, 2.24) is 19.7 Å². The number of anilines is 1. The topological polar surface area (TPSA) is 141 Å². The van der Waals surface area contributed by atoms with E-state index in [1.165, 1.54) is 33.4 Å². The van der Waals surface area contributed by atoms with Crippen LogP contribution < -0.4 is 14.4 Å². The second-order valence-corrected chi connectivity index (χ2v) is 7.27. The number of esters is 1. The third-order valence-electron chi connectivity index (χ3n) is 3.51. The van der Waals surface area contributed by atoms with Gasteiger partial charge in [-0.05, 0) is 18.6 Å². The van der Waals surface area contributed by atoms with Gasteiger partial charge >= 0.3 is 18.0 Å². The van der Waals surface area contributed by atoms with Crippen molar-refractivity contribution in [3.63, 3.8) is 0 Å². The molecule has 0 saturated carbocycles. The maximum absolute atomic E-state index is 12.4. The summed E-state index contributed by atoms with van der Waals surface area (Å²) in [7, 11) is -0.296. The molecule has 0 aliphatic rings. The van der Waals surface area contributed by atoms with Crippen molar-refractivity contribution >= 4 is 28.0 Å². The molecule has 1 aromatic carbocycles. The lowest BCUT2D eigenvalue weighted by Gasteiger charge is -2.17. The van der Waals surface area contributed by atoms with E-state index in [0.717, 1.165) is 4.90 Å². The summed E-state index contributed by atoms with van der Waals surface area (Å²) >= 11 is 0. The van der Waals surface area contributed by atoms with Crippen LogP contribution in [0.1, 0.15) is 21.7 Å². The SMILES string of the molecule is COC(=O)c1ccccc1CS(=O)(=O)NC(=O)N(C)c1nc(C)nc(OC)n1. The Balaban J connectivity index is 2.19. The van der Waals surface area contributed by atoms with Crippen molar-refractivity contribution in [2.45, 2.75) is 12.7 Å². The van der Waals surface area contributed by atoms with Gasteiger partial charge in [-0.1, -0.05) is 18.2 Å². The van der Waals surface area contributed by atoms with Gasteiger partial charge in [0.1, 0.15) is 5.82 Å². The number of carbonyl (C=O) groups excluding carboxylic acids is 2. The predicted molar refractivity (Wildman–Crippen MR) is 98.5 cm³/mol. The molecule has 0 unspecified atom stereocenters. The number of hydrogen-bond acceptors (Lipinski definition) is 9. The van der Waals surface area contributed by atoms with Crippen LogP contribution in [0.5, 0.6) is 6.01 Å². The molecule has 2 rings (SSSR count). The number of sulfonamides is 1. The van der Waals surface area contributed by atoms with Crippen molar-refractivity contribution in [3.05, 3.63) is 41.2 Å². The largest absolute Gasteiger partial charge is 0.467 e. The van der Waals surface area contributed by atoms with Crippen LogP contribution in [-0.2, 0) is 20.5 Å². The minimum atomic E-state index is -4.13. The molecule has 150 valence electrons. The van der Waals surface area contributed by atoms with Crippen molar-refractivity contribution in [3.8, 4) is 6.01 Å². The molecule has 0 aliphatic carbocycles. The van der Waals surface area contributed by atoms with E-state index in [-0.39, 0.29) is 28.9 Å². The molecule has 0 radical (unpaired) electrons. The summed E-state index contributed by atoms with van der Waals surface area (Å²) in [4.78, 5) is 36.8. The van der Waals surface area contributed by atoms with Crippen LogP contribution in [0.3, 0.4) is 0 Å². The molecule has 1 aromatic heterocycles. The number of methoxy groups -OCH3 is 2. The summed E-state index contributed by atoms with van der Waals surface area (Å²) in [6, 6.07) is 5.04. The van der Waals surface area contributed by atoms with E-state index in [0.29, 0.717) is 0 Å². The molecule has 1 N–H and O–H groups in total. The Kier molecular flexibility index (Phi) is 6.46. The van der Waals surface area contributed by atoms with Gasteiger partial charge in [-0.25, -0.2) is 22.7 Å². The monoisotopic (exact) mass is 409 g/mol. The third kappa shape index (κ3) is 5.13. The zero-order valence-corrected chi connectivity index (χ0v) is 16.5. The van der Waals surface area contributed by atoms with Gasteiger partial charge in [-0.3, -0.25) is 4.90 Å². The van der Waals surface area contributed by atoms with Crippen molar-refractivity contribution in [2.75, 3.05) is 26.2 Å². The summed E-state index contributed by atoms with van der Waals surface area (Å²) in [6.07, 6.45) is 0. The van der Waals surface area contributed by atoms with E-state index in [1.807, 2.05) is 4.72 Å². The van der Waals surface area contributed by atoms with Crippen LogP contribution in [-0.4, -0.2) is 56.6 Å². The van der Waals surface area contributed by atoms with E-state index in [9.17, 15) is 18.0 Å². The van der Waals surface area contributed by atoms with E-state index in [4.69, 9.17) is 4.74 Å². The van der Waals surface area contributed by atoms with Gasteiger partial charge in [0.25, 0.3) is 0 Å². The Hall–Kier alpha value is -3.28. The molecule has 12 heteroatoms. The van der Waals surface area contributed by atoms with Crippen LogP contribution in [0.2, 0.25) is 0 Å². The standard InChI is InChI=1S/C16H19N5O6S/c1-10-17-14(19-15(18-10)27-4)21(2)16(23)20-28(24,25)9-11-7-5-6-8-12(11)13(22)26-3/h5-8H,9H2,1-4H3,(H,20,23). The first-order valence-electron chi connectivity index (χ1n) is 7.88. The number of carbonyl (C=O) groups is 2. The zero-order chi connectivity index (χ0) is 20.9. The number of nitrogens with one attached hydrogen (secondary N) is 1. The molecule has 11 nitrogen and oxygen atoms in total. The highest BCUT2D eigenvalue weighted by molar-refractivity contribution is 7.89. The molecule has 0 aliphatic heterocycles. The lowest BCUT2D eigenvalue weighted by Crippen LogP contribution is -2.42. The number of rotatable bonds is 6. The van der Waals surface area contributed by atoms with Gasteiger partial charge in [0.15, 0.2) is 0 Å². The van der Waals surface area contributed by atoms with Gasteiger partial charge < -0.3 is 9.47 Å². The van der Waals surface area contributed by atoms with Crippen LogP contribution in [0, 0.1) is 6.92 Å². The molecule has 1 heterocycles. The highest BCUT2D eigenvalue weighted by Gasteiger charge is 2.24. The minimum absolute atomic E-state index is 0.0167. The third-order valence-corrected chi connectivity index (χ3v) is 4.69. The number of hydrogen-bond donors (Lipinski definition) is 1. The molecule has 2 amide bonds. The summed E-state index contributed by atoms with van der Waals surface area (Å²) in [5.41, 5.74) is 0.281. The van der Waals surface area contributed by atoms with Crippen LogP contribution in [0.4, 0.5) is 10.7 Å². The maximum Gasteiger partial charge on any atom is 0.338 e. The van der Waals surface area contributed by atoms with Crippen LogP contribution in [0.25, 0.3) is 0 Å². The molecular formula is C16H19N5O6S. The predicted octanol–water partition coefficient (Wildman–Crippen LogP) is 0.651. The first-order valence-corrected chi connectivity index (χ1v) is 9.53. The minimum Gasteiger partial charge on any atom is -0.467 e. The Morgan fingerprint density at radius 1 is 1.14 bits per heavy atom. The van der Waals surface area contributed by atoms with E-state index >= 15 is 0 Å². The molecule has 0 bridgehead atoms. The molecule has 0 saturated heterocycles. The van der Waals surface area contributed by atoms with Gasteiger partial charge in [-0.2, -0.15) is 15.0 Å². The van der Waals surface area contributed by atoms with Gasteiger partial charge in [-0.15, -0.1) is 0 Å². The van der Waals surface area contributed by atoms with Gasteiger partial charge in [0.05, 0.1) is 25.5 Å². The first kappa shape index (κ1) is 21.0. The highest BCUT2D eigenvalue weighted by atomic mass is 32.2. The van der Waals surface area contributed by atoms with E-state index in [2.05, 4.69) is 19.7 Å². The Bertz CT molecular complexity index is 995. The Morgan fingerprint density at radius 3 is 2.46 bits per heavy atom. The van der Waals surface area contributed by atoms with Crippen molar-refractivity contribution in [2.24, 2.45) is 0 Å². The average Bonchev–Trinajstić information content (AvgIpc) is 2.65. The second-order valence-electron chi connectivity index (χ2n) is 5.54. The Morgan fingerprint density at radius 2 is 1.82 bits per heavy atom. The number of aryl methyl sites for hydroxylation is 1. The lowest BCUT2D eigenvalue weighted by atomic mass is 10.1. The summed E-state index contributed by atoms with van der Waals surface area (Å²) in [6.45, 7) is 1.57. The van der Waals surface area contributed by atoms with Crippen molar-refractivity contribution in [1.29, 1.82) is 0 Å². The fourth-order valence-corrected chi connectivity index (χ4v) is 3.31. The highest BCUT2D eigenvalue weighted by Crippen LogP contribution is 2.14. The lowest BCUT2D eigenvalue weighted by molar-refractivity contribution is 0.0600. The van der Waals surface area contributed by atoms with Crippen LogP contribution >= 0.6 is 0 Å². The number of ether oxygens (including phenoxy) is 2. The number of aromatic nitrogens is 3. The molecule has 0 spiro atoms. The number of benzene rings is 1. The number of amides is 2. The fourth-order valence-electron chi connectivity index (χ4n) is 2.17. The molecule has 28 heavy (non-hydrogen) atoms. The average molecular weight is 409 g/mol. The normalized spacial score (nSPS) is 10.9. The second kappa shape index (κ2) is 8.61. The molecular weight excluding hydrogens is 390 g/mol. The Labute approximate surface area is 161 Å². The van der Waals surface area contributed by atoms with Gasteiger partial charge in [0.2, 0.25) is 16.0 Å². The fraction of sp³-hybridized carbons (Fsp3) is 0.312. The molecule has 0 atom stereocenters. The number of urea groups is 1. The number of nitrogens with zero attached hydrogens (tertiary/aromatic N) is 4. The summed E-state index contributed by atoms with van der Waals surface area (Å²) in [5.74, 6) is -1.08. The summed E-state index contributed by atoms with van der Waals surface area (Å²) < 4.78 is 36.3. The molecule has 0 fully saturated rings. The van der Waals surface area contributed by atoms with Crippen molar-refractivity contribution < 1.29 is 27.5 Å². The zero-order valence-electron chi connectivity index (χ0n) is 15.7. The molecule has 2 aromatic rings. The first-order chi connectivity index (χ1) is 13.2.